The number of aliphatic carboxylic acids is 1. The minimum Gasteiger partial charge on any atom is -0.481 e. The van der Waals surface area contributed by atoms with Gasteiger partial charge in [0.2, 0.25) is 5.91 Å². The minimum absolute atomic E-state index is 0.462. The van der Waals surface area contributed by atoms with Crippen LogP contribution in [0.1, 0.15) is 13.3 Å². The van der Waals surface area contributed by atoms with E-state index in [1.165, 1.54) is 6.92 Å². The second-order valence-electron chi connectivity index (χ2n) is 2.37. The van der Waals surface area contributed by atoms with Crippen molar-refractivity contribution in [3.05, 3.63) is 0 Å². The van der Waals surface area contributed by atoms with E-state index in [1.807, 2.05) is 10.9 Å². The van der Waals surface area contributed by atoms with Gasteiger partial charge in [-0.15, -0.1) is 0 Å². The third kappa shape index (κ3) is 5.62. The number of hydrogen-bond donors (Lipinski definition) is 4. The van der Waals surface area contributed by atoms with Crippen LogP contribution in [0.3, 0.4) is 0 Å². The first-order chi connectivity index (χ1) is 5.93. The molecule has 0 saturated heterocycles. The molecule has 0 aliphatic rings. The van der Waals surface area contributed by atoms with Crippen LogP contribution >= 0.6 is 0 Å². The maximum absolute atomic E-state index is 10.9. The molecule has 0 bridgehead atoms. The summed E-state index contributed by atoms with van der Waals surface area (Å²) in [5, 5.41) is 8.26. The Kier molecular flexibility index (Phi) is 4.45. The van der Waals surface area contributed by atoms with Crippen molar-refractivity contribution in [3.63, 3.8) is 0 Å². The van der Waals surface area contributed by atoms with Crippen molar-refractivity contribution in [1.82, 2.24) is 10.9 Å². The Balaban J connectivity index is 3.82. The maximum atomic E-state index is 10.9. The molecule has 0 aromatic rings. The summed E-state index contributed by atoms with van der Waals surface area (Å²) in [6.45, 7) is 1.20. The van der Waals surface area contributed by atoms with Gasteiger partial charge in [0.25, 0.3) is 5.91 Å². The number of carboxylic acids is 1. The van der Waals surface area contributed by atoms with Gasteiger partial charge in [0, 0.05) is 6.92 Å². The first-order valence-electron chi connectivity index (χ1n) is 3.47. The van der Waals surface area contributed by atoms with E-state index in [1.54, 1.807) is 0 Å². The summed E-state index contributed by atoms with van der Waals surface area (Å²) < 4.78 is 0. The highest BCUT2D eigenvalue weighted by molar-refractivity contribution is 5.87. The summed E-state index contributed by atoms with van der Waals surface area (Å²) in [6.07, 6.45) is -0.481. The Labute approximate surface area is 74.3 Å². The molecule has 0 aliphatic carbocycles. The summed E-state index contributed by atoms with van der Waals surface area (Å²) in [6, 6.07) is -1.16. The van der Waals surface area contributed by atoms with Gasteiger partial charge < -0.3 is 10.8 Å². The molecule has 74 valence electrons. The molecule has 13 heavy (non-hydrogen) atoms. The Morgan fingerprint density at radius 2 is 1.92 bits per heavy atom. The Morgan fingerprint density at radius 1 is 1.38 bits per heavy atom. The molecule has 1 atom stereocenters. The molecule has 0 fully saturated rings. The van der Waals surface area contributed by atoms with Crippen LogP contribution in [-0.4, -0.2) is 28.9 Å². The SMILES string of the molecule is CC(=O)NNC(=O)C(N)CC(=O)O. The Bertz CT molecular complexity index is 228. The van der Waals surface area contributed by atoms with E-state index >= 15 is 0 Å². The van der Waals surface area contributed by atoms with E-state index in [9.17, 15) is 14.4 Å². The second kappa shape index (κ2) is 5.09. The minimum atomic E-state index is -1.18. The molecular formula is C6H11N3O4. The molecule has 1 unspecified atom stereocenters. The lowest BCUT2D eigenvalue weighted by molar-refractivity contribution is -0.139. The summed E-state index contributed by atoms with van der Waals surface area (Å²) in [5.41, 5.74) is 9.11. The van der Waals surface area contributed by atoms with Gasteiger partial charge in [-0.25, -0.2) is 0 Å². The number of nitrogens with two attached hydrogens (primary N) is 1. The molecule has 0 rings (SSSR count). The van der Waals surface area contributed by atoms with Gasteiger partial charge in [0.1, 0.15) is 0 Å². The summed E-state index contributed by atoms with van der Waals surface area (Å²) >= 11 is 0. The molecule has 2 amide bonds. The third-order valence-corrected chi connectivity index (χ3v) is 1.09. The number of amides is 2. The van der Waals surface area contributed by atoms with Crippen molar-refractivity contribution in [1.29, 1.82) is 0 Å². The standard InChI is InChI=1S/C6H11N3O4/c1-3(10)8-9-6(13)4(7)2-5(11)12/h4H,2,7H2,1H3,(H,8,10)(H,9,13)(H,11,12). The highest BCUT2D eigenvalue weighted by Crippen LogP contribution is 1.86. The van der Waals surface area contributed by atoms with Crippen LogP contribution in [0.4, 0.5) is 0 Å². The van der Waals surface area contributed by atoms with E-state index in [4.69, 9.17) is 10.8 Å². The number of carboxylic acid groups (broad SMARTS) is 1. The fourth-order valence-corrected chi connectivity index (χ4v) is 0.523. The molecule has 0 heterocycles. The highest BCUT2D eigenvalue weighted by atomic mass is 16.4. The third-order valence-electron chi connectivity index (χ3n) is 1.09. The lowest BCUT2D eigenvalue weighted by atomic mass is 10.2. The summed E-state index contributed by atoms with van der Waals surface area (Å²) in [4.78, 5) is 31.3. The van der Waals surface area contributed by atoms with Crippen molar-refractivity contribution in [2.24, 2.45) is 5.73 Å². The predicted molar refractivity (Wildman–Crippen MR) is 42.2 cm³/mol. The van der Waals surface area contributed by atoms with Gasteiger partial charge >= 0.3 is 5.97 Å². The molecule has 5 N–H and O–H groups in total. The van der Waals surface area contributed by atoms with Gasteiger partial charge in [-0.05, 0) is 0 Å². The van der Waals surface area contributed by atoms with E-state index in [0.717, 1.165) is 0 Å². The number of carbonyl (C=O) groups excluding carboxylic acids is 2. The molecule has 0 spiro atoms. The smallest absolute Gasteiger partial charge is 0.305 e. The van der Waals surface area contributed by atoms with E-state index < -0.39 is 30.2 Å². The number of nitrogens with one attached hydrogen (secondary N) is 2. The monoisotopic (exact) mass is 189 g/mol. The van der Waals surface area contributed by atoms with Gasteiger partial charge in [0.05, 0.1) is 12.5 Å². The van der Waals surface area contributed by atoms with Crippen LogP contribution < -0.4 is 16.6 Å². The number of hydrazine groups is 1. The van der Waals surface area contributed by atoms with E-state index in [0.29, 0.717) is 0 Å². The van der Waals surface area contributed by atoms with Crippen molar-refractivity contribution >= 4 is 17.8 Å². The van der Waals surface area contributed by atoms with Crippen LogP contribution in [-0.2, 0) is 14.4 Å². The zero-order valence-corrected chi connectivity index (χ0v) is 7.03. The Morgan fingerprint density at radius 3 is 2.31 bits per heavy atom. The number of carbonyl (C=O) groups is 3. The van der Waals surface area contributed by atoms with Crippen molar-refractivity contribution in [2.75, 3.05) is 0 Å². The molecular weight excluding hydrogens is 178 g/mol. The molecule has 0 saturated carbocycles. The van der Waals surface area contributed by atoms with Crippen molar-refractivity contribution in [2.45, 2.75) is 19.4 Å². The number of rotatable bonds is 3. The normalized spacial score (nSPS) is 11.5. The lowest BCUT2D eigenvalue weighted by Crippen LogP contribution is -2.49. The molecule has 0 aromatic heterocycles. The zero-order chi connectivity index (χ0) is 10.4. The topological polar surface area (TPSA) is 122 Å². The Hall–Kier alpha value is -1.63. The van der Waals surface area contributed by atoms with Crippen LogP contribution in [0.25, 0.3) is 0 Å². The lowest BCUT2D eigenvalue weighted by Gasteiger charge is -2.09. The fraction of sp³-hybridized carbons (Fsp3) is 0.500. The fourth-order valence-electron chi connectivity index (χ4n) is 0.523. The summed E-state index contributed by atoms with van der Waals surface area (Å²) in [5.74, 6) is -2.38. The molecule has 7 nitrogen and oxygen atoms in total. The predicted octanol–water partition coefficient (Wildman–Crippen LogP) is -2.04. The zero-order valence-electron chi connectivity index (χ0n) is 7.03. The number of hydrogen-bond acceptors (Lipinski definition) is 4. The van der Waals surface area contributed by atoms with Crippen molar-refractivity contribution in [3.8, 4) is 0 Å². The first-order valence-corrected chi connectivity index (χ1v) is 3.47. The van der Waals surface area contributed by atoms with Gasteiger partial charge in [-0.3, -0.25) is 25.2 Å². The first kappa shape index (κ1) is 11.4. The van der Waals surface area contributed by atoms with Crippen LogP contribution in [0.15, 0.2) is 0 Å². The van der Waals surface area contributed by atoms with E-state index in [-0.39, 0.29) is 0 Å². The average molecular weight is 189 g/mol. The quantitative estimate of drug-likeness (QED) is 0.381. The van der Waals surface area contributed by atoms with E-state index in [2.05, 4.69) is 0 Å². The summed E-state index contributed by atoms with van der Waals surface area (Å²) in [7, 11) is 0. The average Bonchev–Trinajstić information content (AvgIpc) is 1.98. The second-order valence-corrected chi connectivity index (χ2v) is 2.37. The van der Waals surface area contributed by atoms with Crippen LogP contribution in [0, 0.1) is 0 Å². The van der Waals surface area contributed by atoms with Gasteiger partial charge in [-0.2, -0.15) is 0 Å². The molecule has 0 radical (unpaired) electrons. The van der Waals surface area contributed by atoms with Crippen LogP contribution in [0.2, 0.25) is 0 Å². The van der Waals surface area contributed by atoms with Gasteiger partial charge in [-0.1, -0.05) is 0 Å². The maximum Gasteiger partial charge on any atom is 0.305 e. The largest absolute Gasteiger partial charge is 0.481 e. The van der Waals surface area contributed by atoms with Crippen molar-refractivity contribution < 1.29 is 19.5 Å². The van der Waals surface area contributed by atoms with Crippen LogP contribution in [0.5, 0.6) is 0 Å². The highest BCUT2D eigenvalue weighted by Gasteiger charge is 2.16. The molecule has 0 aliphatic heterocycles. The van der Waals surface area contributed by atoms with Gasteiger partial charge in [0.15, 0.2) is 0 Å². The molecule has 0 aromatic carbocycles. The molecule has 7 heteroatoms.